The third kappa shape index (κ3) is 2.84. The van der Waals surface area contributed by atoms with Gasteiger partial charge in [0.2, 0.25) is 5.91 Å². The van der Waals surface area contributed by atoms with Crippen molar-refractivity contribution in [2.45, 2.75) is 38.3 Å². The van der Waals surface area contributed by atoms with Gasteiger partial charge >= 0.3 is 0 Å². The summed E-state index contributed by atoms with van der Waals surface area (Å²) in [6.07, 6.45) is 3.57. The molecule has 13 heavy (non-hydrogen) atoms. The molecule has 0 radical (unpaired) electrons. The number of hydrogen-bond acceptors (Lipinski definition) is 2. The molecule has 0 aromatic carbocycles. The van der Waals surface area contributed by atoms with E-state index in [4.69, 9.17) is 0 Å². The van der Waals surface area contributed by atoms with E-state index in [2.05, 4.69) is 11.9 Å². The van der Waals surface area contributed by atoms with Crippen LogP contribution in [0.3, 0.4) is 0 Å². The van der Waals surface area contributed by atoms with E-state index in [0.717, 1.165) is 12.8 Å². The molecule has 3 atom stereocenters. The van der Waals surface area contributed by atoms with Gasteiger partial charge in [0.15, 0.2) is 0 Å². The second-order valence-electron chi connectivity index (χ2n) is 3.70. The van der Waals surface area contributed by atoms with Crippen LogP contribution in [0.2, 0.25) is 0 Å². The fraction of sp³-hybridized carbons (Fsp3) is 0.700. The van der Waals surface area contributed by atoms with Gasteiger partial charge in [-0.2, -0.15) is 0 Å². The SMILES string of the molecule is C=CC(C)NC(=O)C1CCC(O)C1. The van der Waals surface area contributed by atoms with Crippen LogP contribution in [0.4, 0.5) is 0 Å². The quantitative estimate of drug-likeness (QED) is 0.637. The minimum absolute atomic E-state index is 0.00241. The molecule has 0 aromatic rings. The van der Waals surface area contributed by atoms with E-state index in [1.165, 1.54) is 0 Å². The standard InChI is InChI=1S/C10H17NO2/c1-3-7(2)11-10(13)8-4-5-9(12)6-8/h3,7-9,12H,1,4-6H2,2H3,(H,11,13). The lowest BCUT2D eigenvalue weighted by Gasteiger charge is -2.13. The van der Waals surface area contributed by atoms with Gasteiger partial charge in [0.1, 0.15) is 0 Å². The maximum Gasteiger partial charge on any atom is 0.223 e. The van der Waals surface area contributed by atoms with Crippen LogP contribution in [0.1, 0.15) is 26.2 Å². The van der Waals surface area contributed by atoms with E-state index in [-0.39, 0.29) is 24.0 Å². The maximum absolute atomic E-state index is 11.5. The summed E-state index contributed by atoms with van der Waals surface area (Å²) in [5, 5.41) is 12.1. The minimum Gasteiger partial charge on any atom is -0.393 e. The predicted octanol–water partition coefficient (Wildman–Crippen LogP) is 0.838. The first-order valence-electron chi connectivity index (χ1n) is 4.74. The summed E-state index contributed by atoms with van der Waals surface area (Å²) in [5.74, 6) is 0.0429. The normalized spacial score (nSPS) is 29.7. The summed E-state index contributed by atoms with van der Waals surface area (Å²) < 4.78 is 0. The van der Waals surface area contributed by atoms with Crippen LogP contribution in [0.5, 0.6) is 0 Å². The number of carbonyl (C=O) groups excluding carboxylic acids is 1. The van der Waals surface area contributed by atoms with Crippen molar-refractivity contribution in [3.63, 3.8) is 0 Å². The first-order valence-corrected chi connectivity index (χ1v) is 4.74. The third-order valence-corrected chi connectivity index (χ3v) is 2.50. The molecule has 0 spiro atoms. The molecule has 2 N–H and O–H groups in total. The van der Waals surface area contributed by atoms with Crippen LogP contribution in [-0.4, -0.2) is 23.2 Å². The smallest absolute Gasteiger partial charge is 0.223 e. The Kier molecular flexibility index (Phi) is 3.48. The van der Waals surface area contributed by atoms with Crippen LogP contribution in [0.15, 0.2) is 12.7 Å². The van der Waals surface area contributed by atoms with Crippen LogP contribution < -0.4 is 5.32 Å². The molecule has 0 aliphatic heterocycles. The van der Waals surface area contributed by atoms with Crippen molar-refractivity contribution in [3.8, 4) is 0 Å². The van der Waals surface area contributed by atoms with Gasteiger partial charge < -0.3 is 10.4 Å². The number of aliphatic hydroxyl groups is 1. The first kappa shape index (κ1) is 10.3. The third-order valence-electron chi connectivity index (χ3n) is 2.50. The van der Waals surface area contributed by atoms with Gasteiger partial charge in [-0.05, 0) is 26.2 Å². The van der Waals surface area contributed by atoms with Gasteiger partial charge in [-0.1, -0.05) is 6.08 Å². The Labute approximate surface area is 78.8 Å². The topological polar surface area (TPSA) is 49.3 Å². The molecule has 74 valence electrons. The average molecular weight is 183 g/mol. The van der Waals surface area contributed by atoms with E-state index >= 15 is 0 Å². The summed E-state index contributed by atoms with van der Waals surface area (Å²) >= 11 is 0. The number of nitrogens with one attached hydrogen (secondary N) is 1. The Morgan fingerprint density at radius 3 is 2.85 bits per heavy atom. The molecular formula is C10H17NO2. The Morgan fingerprint density at radius 1 is 1.69 bits per heavy atom. The minimum atomic E-state index is -0.283. The van der Waals surface area contributed by atoms with Gasteiger partial charge in [-0.25, -0.2) is 0 Å². The summed E-state index contributed by atoms with van der Waals surface area (Å²) in [4.78, 5) is 11.5. The summed E-state index contributed by atoms with van der Waals surface area (Å²) in [7, 11) is 0. The van der Waals surface area contributed by atoms with E-state index < -0.39 is 0 Å². The van der Waals surface area contributed by atoms with Crippen molar-refractivity contribution in [2.75, 3.05) is 0 Å². The zero-order valence-electron chi connectivity index (χ0n) is 7.99. The zero-order valence-corrected chi connectivity index (χ0v) is 7.99. The molecular weight excluding hydrogens is 166 g/mol. The molecule has 0 saturated heterocycles. The molecule has 0 bridgehead atoms. The zero-order chi connectivity index (χ0) is 9.84. The van der Waals surface area contributed by atoms with Crippen molar-refractivity contribution in [2.24, 2.45) is 5.92 Å². The van der Waals surface area contributed by atoms with E-state index in [0.29, 0.717) is 6.42 Å². The highest BCUT2D eigenvalue weighted by Gasteiger charge is 2.28. The molecule has 1 amide bonds. The van der Waals surface area contributed by atoms with E-state index in [1.54, 1.807) is 6.08 Å². The van der Waals surface area contributed by atoms with Crippen molar-refractivity contribution in [1.82, 2.24) is 5.32 Å². The van der Waals surface area contributed by atoms with Crippen LogP contribution in [0.25, 0.3) is 0 Å². The molecule has 1 fully saturated rings. The molecule has 3 heteroatoms. The monoisotopic (exact) mass is 183 g/mol. The lowest BCUT2D eigenvalue weighted by Crippen LogP contribution is -2.35. The molecule has 1 aliphatic carbocycles. The molecule has 1 rings (SSSR count). The van der Waals surface area contributed by atoms with E-state index in [1.807, 2.05) is 6.92 Å². The highest BCUT2D eigenvalue weighted by atomic mass is 16.3. The van der Waals surface area contributed by atoms with E-state index in [9.17, 15) is 9.90 Å². The number of rotatable bonds is 3. The fourth-order valence-electron chi connectivity index (χ4n) is 1.60. The van der Waals surface area contributed by atoms with Gasteiger partial charge in [-0.15, -0.1) is 6.58 Å². The Hall–Kier alpha value is -0.830. The van der Waals surface area contributed by atoms with Crippen molar-refractivity contribution >= 4 is 5.91 Å². The maximum atomic E-state index is 11.5. The fourth-order valence-corrected chi connectivity index (χ4v) is 1.60. The number of amides is 1. The van der Waals surface area contributed by atoms with Gasteiger partial charge in [0, 0.05) is 12.0 Å². The van der Waals surface area contributed by atoms with Gasteiger partial charge in [-0.3, -0.25) is 4.79 Å². The van der Waals surface area contributed by atoms with Crippen LogP contribution >= 0.6 is 0 Å². The van der Waals surface area contributed by atoms with Gasteiger partial charge in [0.25, 0.3) is 0 Å². The molecule has 1 aliphatic rings. The van der Waals surface area contributed by atoms with Crippen LogP contribution in [-0.2, 0) is 4.79 Å². The first-order chi connectivity index (χ1) is 6.13. The lowest BCUT2D eigenvalue weighted by molar-refractivity contribution is -0.125. The molecule has 3 nitrogen and oxygen atoms in total. The number of carbonyl (C=O) groups is 1. The average Bonchev–Trinajstić information content (AvgIpc) is 2.51. The Balaban J connectivity index is 2.35. The molecule has 0 heterocycles. The largest absolute Gasteiger partial charge is 0.393 e. The van der Waals surface area contributed by atoms with Crippen molar-refractivity contribution in [3.05, 3.63) is 12.7 Å². The summed E-state index contributed by atoms with van der Waals surface area (Å²) in [6.45, 7) is 5.48. The van der Waals surface area contributed by atoms with Crippen molar-refractivity contribution < 1.29 is 9.90 Å². The molecule has 1 saturated carbocycles. The molecule has 3 unspecified atom stereocenters. The second kappa shape index (κ2) is 4.42. The summed E-state index contributed by atoms with van der Waals surface area (Å²) in [6, 6.07) is 0.0187. The predicted molar refractivity (Wildman–Crippen MR) is 51.1 cm³/mol. The van der Waals surface area contributed by atoms with Crippen LogP contribution in [0, 0.1) is 5.92 Å². The highest BCUT2D eigenvalue weighted by molar-refractivity contribution is 5.79. The highest BCUT2D eigenvalue weighted by Crippen LogP contribution is 2.25. The number of hydrogen-bond donors (Lipinski definition) is 2. The lowest BCUT2D eigenvalue weighted by atomic mass is 10.1. The number of aliphatic hydroxyl groups excluding tert-OH is 1. The Morgan fingerprint density at radius 2 is 2.38 bits per heavy atom. The van der Waals surface area contributed by atoms with Gasteiger partial charge in [0.05, 0.1) is 6.10 Å². The summed E-state index contributed by atoms with van der Waals surface area (Å²) in [5.41, 5.74) is 0. The Bertz CT molecular complexity index is 203. The second-order valence-corrected chi connectivity index (χ2v) is 3.70. The van der Waals surface area contributed by atoms with Crippen molar-refractivity contribution in [1.29, 1.82) is 0 Å². The molecule has 0 aromatic heterocycles.